The molecule has 0 bridgehead atoms. The van der Waals surface area contributed by atoms with Crippen molar-refractivity contribution in [3.05, 3.63) is 42.0 Å². The van der Waals surface area contributed by atoms with Gasteiger partial charge in [-0.25, -0.2) is 4.98 Å². The molecule has 0 unspecified atom stereocenters. The Kier molecular flexibility index (Phi) is 4.90. The SMILES string of the molecule is COc1cc(OC)c2nc(NNC(=O)c3ccccc3OC)sc2c1. The van der Waals surface area contributed by atoms with Gasteiger partial charge < -0.3 is 14.2 Å². The van der Waals surface area contributed by atoms with Gasteiger partial charge in [-0.1, -0.05) is 23.5 Å². The summed E-state index contributed by atoms with van der Waals surface area (Å²) in [6.45, 7) is 0. The summed E-state index contributed by atoms with van der Waals surface area (Å²) in [6.07, 6.45) is 0. The number of hydrogen-bond donors (Lipinski definition) is 2. The fraction of sp³-hybridized carbons (Fsp3) is 0.176. The van der Waals surface area contributed by atoms with Crippen molar-refractivity contribution in [2.45, 2.75) is 0 Å². The number of rotatable bonds is 6. The minimum atomic E-state index is -0.318. The van der Waals surface area contributed by atoms with Crippen LogP contribution in [0.4, 0.5) is 5.13 Å². The molecule has 0 saturated heterocycles. The lowest BCUT2D eigenvalue weighted by Gasteiger charge is -2.09. The summed E-state index contributed by atoms with van der Waals surface area (Å²) in [7, 11) is 4.69. The predicted octanol–water partition coefficient (Wildman–Crippen LogP) is 3.08. The van der Waals surface area contributed by atoms with Crippen molar-refractivity contribution >= 4 is 32.6 Å². The van der Waals surface area contributed by atoms with E-state index in [0.29, 0.717) is 33.5 Å². The molecule has 2 aromatic carbocycles. The number of nitrogens with zero attached hydrogens (tertiary/aromatic N) is 1. The minimum absolute atomic E-state index is 0.318. The zero-order valence-electron chi connectivity index (χ0n) is 14.0. The molecular weight excluding hydrogens is 342 g/mol. The van der Waals surface area contributed by atoms with Crippen LogP contribution < -0.4 is 25.1 Å². The zero-order valence-corrected chi connectivity index (χ0v) is 14.8. The fourth-order valence-corrected chi connectivity index (χ4v) is 3.18. The number of benzene rings is 2. The minimum Gasteiger partial charge on any atom is -0.497 e. The Morgan fingerprint density at radius 1 is 1.04 bits per heavy atom. The molecule has 0 aliphatic carbocycles. The molecule has 25 heavy (non-hydrogen) atoms. The topological polar surface area (TPSA) is 81.7 Å². The van der Waals surface area contributed by atoms with Crippen LogP contribution in [0.1, 0.15) is 10.4 Å². The first-order valence-corrected chi connectivity index (χ1v) is 8.20. The monoisotopic (exact) mass is 359 g/mol. The van der Waals surface area contributed by atoms with E-state index in [-0.39, 0.29) is 5.91 Å². The van der Waals surface area contributed by atoms with Gasteiger partial charge in [0.15, 0.2) is 0 Å². The van der Waals surface area contributed by atoms with E-state index in [9.17, 15) is 4.79 Å². The van der Waals surface area contributed by atoms with E-state index in [1.165, 1.54) is 18.4 Å². The summed E-state index contributed by atoms with van der Waals surface area (Å²) >= 11 is 1.38. The third kappa shape index (κ3) is 3.43. The zero-order chi connectivity index (χ0) is 17.8. The quantitative estimate of drug-likeness (QED) is 0.658. The summed E-state index contributed by atoms with van der Waals surface area (Å²) in [5.74, 6) is 1.46. The van der Waals surface area contributed by atoms with E-state index >= 15 is 0 Å². The van der Waals surface area contributed by atoms with Crippen molar-refractivity contribution in [3.63, 3.8) is 0 Å². The van der Waals surface area contributed by atoms with Gasteiger partial charge in [-0.15, -0.1) is 0 Å². The maximum atomic E-state index is 12.3. The van der Waals surface area contributed by atoms with Gasteiger partial charge in [0.25, 0.3) is 5.91 Å². The molecule has 0 fully saturated rings. The Hall–Kier alpha value is -3.00. The van der Waals surface area contributed by atoms with Gasteiger partial charge in [0.1, 0.15) is 22.8 Å². The highest BCUT2D eigenvalue weighted by Gasteiger charge is 2.14. The number of hydrazine groups is 1. The third-order valence-corrected chi connectivity index (χ3v) is 4.44. The van der Waals surface area contributed by atoms with Crippen LogP contribution in [0.5, 0.6) is 17.2 Å². The molecule has 7 nitrogen and oxygen atoms in total. The highest BCUT2D eigenvalue weighted by molar-refractivity contribution is 7.22. The molecule has 8 heteroatoms. The van der Waals surface area contributed by atoms with E-state index in [2.05, 4.69) is 15.8 Å². The normalized spacial score (nSPS) is 10.4. The van der Waals surface area contributed by atoms with Gasteiger partial charge in [0.05, 0.1) is 31.6 Å². The number of amides is 1. The number of nitrogens with one attached hydrogen (secondary N) is 2. The summed E-state index contributed by atoms with van der Waals surface area (Å²) in [4.78, 5) is 16.8. The van der Waals surface area contributed by atoms with Gasteiger partial charge in [-0.3, -0.25) is 15.6 Å². The number of ether oxygens (including phenoxy) is 3. The van der Waals surface area contributed by atoms with E-state index in [0.717, 1.165) is 4.70 Å². The number of hydrogen-bond acceptors (Lipinski definition) is 7. The van der Waals surface area contributed by atoms with E-state index in [4.69, 9.17) is 14.2 Å². The van der Waals surface area contributed by atoms with Crippen LogP contribution in [-0.2, 0) is 0 Å². The second kappa shape index (κ2) is 7.27. The van der Waals surface area contributed by atoms with Crippen LogP contribution >= 0.6 is 11.3 Å². The predicted molar refractivity (Wildman–Crippen MR) is 96.8 cm³/mol. The Morgan fingerprint density at radius 2 is 1.80 bits per heavy atom. The van der Waals surface area contributed by atoms with Gasteiger partial charge in [0.2, 0.25) is 5.13 Å². The van der Waals surface area contributed by atoms with Crippen LogP contribution in [-0.4, -0.2) is 32.2 Å². The molecule has 0 radical (unpaired) electrons. The Bertz CT molecular complexity index is 910. The number of methoxy groups -OCH3 is 3. The Balaban J connectivity index is 1.80. The highest BCUT2D eigenvalue weighted by atomic mass is 32.1. The molecule has 0 saturated carbocycles. The summed E-state index contributed by atoms with van der Waals surface area (Å²) in [5.41, 5.74) is 6.58. The second-order valence-electron chi connectivity index (χ2n) is 4.97. The molecule has 0 aliphatic rings. The first-order valence-electron chi connectivity index (χ1n) is 7.38. The molecular formula is C17H17N3O4S. The van der Waals surface area contributed by atoms with Gasteiger partial charge in [0, 0.05) is 6.07 Å². The van der Waals surface area contributed by atoms with Crippen molar-refractivity contribution in [1.29, 1.82) is 0 Å². The number of fused-ring (bicyclic) bond motifs is 1. The van der Waals surface area contributed by atoms with Gasteiger partial charge in [-0.2, -0.15) is 0 Å². The number of carbonyl (C=O) groups excluding carboxylic acids is 1. The van der Waals surface area contributed by atoms with Crippen molar-refractivity contribution in [3.8, 4) is 17.2 Å². The molecule has 1 amide bonds. The molecule has 3 aromatic rings. The lowest BCUT2D eigenvalue weighted by Crippen LogP contribution is -2.29. The fourth-order valence-electron chi connectivity index (χ4n) is 2.31. The average molecular weight is 359 g/mol. The number of aromatic nitrogens is 1. The Morgan fingerprint density at radius 3 is 2.52 bits per heavy atom. The van der Waals surface area contributed by atoms with Crippen LogP contribution in [0, 0.1) is 0 Å². The lowest BCUT2D eigenvalue weighted by atomic mass is 10.2. The largest absolute Gasteiger partial charge is 0.497 e. The van der Waals surface area contributed by atoms with E-state index < -0.39 is 0 Å². The average Bonchev–Trinajstić information content (AvgIpc) is 3.08. The first-order chi connectivity index (χ1) is 12.2. The standard InChI is InChI=1S/C17H17N3O4S/c1-22-10-8-13(24-3)15-14(9-10)25-17(18-15)20-19-16(21)11-6-4-5-7-12(11)23-2/h4-9H,1-3H3,(H,18,20)(H,19,21). The maximum absolute atomic E-state index is 12.3. The third-order valence-electron chi connectivity index (χ3n) is 3.52. The smallest absolute Gasteiger partial charge is 0.273 e. The first kappa shape index (κ1) is 16.8. The van der Waals surface area contributed by atoms with E-state index in [1.54, 1.807) is 44.6 Å². The summed E-state index contributed by atoms with van der Waals surface area (Å²) < 4.78 is 16.7. The summed E-state index contributed by atoms with van der Waals surface area (Å²) in [6, 6.07) is 10.6. The number of thiazole rings is 1. The van der Waals surface area contributed by atoms with Crippen molar-refractivity contribution in [2.75, 3.05) is 26.8 Å². The molecule has 0 atom stereocenters. The molecule has 3 rings (SSSR count). The Labute approximate surface area is 148 Å². The molecule has 0 aliphatic heterocycles. The van der Waals surface area contributed by atoms with Gasteiger partial charge in [-0.05, 0) is 18.2 Å². The molecule has 0 spiro atoms. The number of para-hydroxylation sites is 1. The number of anilines is 1. The maximum Gasteiger partial charge on any atom is 0.273 e. The summed E-state index contributed by atoms with van der Waals surface area (Å²) in [5, 5.41) is 0.532. The molecule has 1 heterocycles. The molecule has 2 N–H and O–H groups in total. The number of carbonyl (C=O) groups is 1. The van der Waals surface area contributed by atoms with E-state index in [1.807, 2.05) is 6.07 Å². The van der Waals surface area contributed by atoms with Crippen LogP contribution in [0.15, 0.2) is 36.4 Å². The van der Waals surface area contributed by atoms with Crippen LogP contribution in [0.2, 0.25) is 0 Å². The van der Waals surface area contributed by atoms with Crippen molar-refractivity contribution in [1.82, 2.24) is 10.4 Å². The lowest BCUT2D eigenvalue weighted by molar-refractivity contribution is 0.0959. The van der Waals surface area contributed by atoms with Crippen molar-refractivity contribution < 1.29 is 19.0 Å². The van der Waals surface area contributed by atoms with Crippen molar-refractivity contribution in [2.24, 2.45) is 0 Å². The molecule has 1 aromatic heterocycles. The van der Waals surface area contributed by atoms with Gasteiger partial charge >= 0.3 is 0 Å². The van der Waals surface area contributed by atoms with Crippen LogP contribution in [0.25, 0.3) is 10.2 Å². The highest BCUT2D eigenvalue weighted by Crippen LogP contribution is 2.36. The van der Waals surface area contributed by atoms with Crippen LogP contribution in [0.3, 0.4) is 0 Å². The molecule has 130 valence electrons. The second-order valence-corrected chi connectivity index (χ2v) is 6.01.